The van der Waals surface area contributed by atoms with Gasteiger partial charge in [-0.3, -0.25) is 4.79 Å². The first kappa shape index (κ1) is 21.2. The second-order valence-electron chi connectivity index (χ2n) is 6.83. The van der Waals surface area contributed by atoms with Gasteiger partial charge in [0.15, 0.2) is 5.82 Å². The Balaban J connectivity index is 1.41. The molecule has 4 rings (SSSR count). The second kappa shape index (κ2) is 9.88. The summed E-state index contributed by atoms with van der Waals surface area (Å²) in [6, 6.07) is 5.63. The lowest BCUT2D eigenvalue weighted by atomic mass is 10.1. The summed E-state index contributed by atoms with van der Waals surface area (Å²) in [6.07, 6.45) is 9.82. The maximum absolute atomic E-state index is 13.7. The van der Waals surface area contributed by atoms with Gasteiger partial charge in [0.25, 0.3) is 0 Å². The zero-order valence-electron chi connectivity index (χ0n) is 17.2. The van der Waals surface area contributed by atoms with Crippen LogP contribution in [-0.2, 0) is 22.7 Å². The zero-order valence-corrected chi connectivity index (χ0v) is 17.2. The van der Waals surface area contributed by atoms with Crippen molar-refractivity contribution in [3.8, 4) is 17.0 Å². The van der Waals surface area contributed by atoms with Gasteiger partial charge < -0.3 is 14.8 Å². The Morgan fingerprint density at radius 2 is 2.19 bits per heavy atom. The van der Waals surface area contributed by atoms with Crippen LogP contribution in [0.1, 0.15) is 12.2 Å². The molecule has 1 amide bonds. The van der Waals surface area contributed by atoms with Gasteiger partial charge in [-0.1, -0.05) is 24.3 Å². The van der Waals surface area contributed by atoms with E-state index in [0.29, 0.717) is 22.8 Å². The van der Waals surface area contributed by atoms with E-state index in [9.17, 15) is 9.18 Å². The van der Waals surface area contributed by atoms with Crippen molar-refractivity contribution in [2.75, 3.05) is 12.4 Å². The molecule has 0 aliphatic heterocycles. The first-order valence-electron chi connectivity index (χ1n) is 9.78. The van der Waals surface area contributed by atoms with Gasteiger partial charge in [0.2, 0.25) is 5.91 Å². The summed E-state index contributed by atoms with van der Waals surface area (Å²) in [5.74, 6) is 0.296. The topological polar surface area (TPSA) is 117 Å². The molecular weight excluding hydrogens is 417 g/mol. The Morgan fingerprint density at radius 1 is 1.28 bits per heavy atom. The number of ether oxygens (including phenoxy) is 2. The van der Waals surface area contributed by atoms with Crippen LogP contribution in [-0.4, -0.2) is 49.3 Å². The Bertz CT molecular complexity index is 1160. The summed E-state index contributed by atoms with van der Waals surface area (Å²) in [5, 5.41) is 14.1. The number of aromatic nitrogens is 6. The number of methoxy groups -OCH3 is 1. The normalized spacial score (nSPS) is 15.0. The molecule has 0 saturated heterocycles. The van der Waals surface area contributed by atoms with E-state index in [1.807, 2.05) is 24.3 Å². The van der Waals surface area contributed by atoms with Crippen LogP contribution in [0.2, 0.25) is 0 Å². The molecule has 164 valence electrons. The van der Waals surface area contributed by atoms with E-state index in [4.69, 9.17) is 9.47 Å². The molecule has 0 bridgehead atoms. The first-order valence-corrected chi connectivity index (χ1v) is 9.78. The van der Waals surface area contributed by atoms with E-state index in [1.165, 1.54) is 42.4 Å². The van der Waals surface area contributed by atoms with Gasteiger partial charge in [-0.05, 0) is 35.0 Å². The van der Waals surface area contributed by atoms with Crippen molar-refractivity contribution in [3.05, 3.63) is 66.5 Å². The fourth-order valence-electron chi connectivity index (χ4n) is 3.08. The molecule has 1 N–H and O–H groups in total. The van der Waals surface area contributed by atoms with Crippen LogP contribution in [0.3, 0.4) is 0 Å². The number of tetrazole rings is 1. The van der Waals surface area contributed by atoms with Gasteiger partial charge in [0.05, 0.1) is 18.9 Å². The summed E-state index contributed by atoms with van der Waals surface area (Å²) < 4.78 is 26.1. The molecule has 1 atom stereocenters. The molecule has 1 aliphatic rings. The van der Waals surface area contributed by atoms with E-state index in [2.05, 4.69) is 30.8 Å². The summed E-state index contributed by atoms with van der Waals surface area (Å²) in [5.41, 5.74) is 0.842. The second-order valence-corrected chi connectivity index (χ2v) is 6.83. The summed E-state index contributed by atoms with van der Waals surface area (Å²) in [4.78, 5) is 20.7. The van der Waals surface area contributed by atoms with Crippen LogP contribution in [0, 0.1) is 5.82 Å². The minimum atomic E-state index is -0.432. The van der Waals surface area contributed by atoms with Crippen LogP contribution in [0.15, 0.2) is 54.9 Å². The first-order chi connectivity index (χ1) is 15.6. The third-order valence-corrected chi connectivity index (χ3v) is 4.64. The molecule has 1 aromatic carbocycles. The van der Waals surface area contributed by atoms with Crippen LogP contribution >= 0.6 is 0 Å². The number of carbonyl (C=O) groups excluding carboxylic acids is 1. The largest absolute Gasteiger partial charge is 0.496 e. The van der Waals surface area contributed by atoms with Crippen molar-refractivity contribution >= 4 is 11.7 Å². The molecule has 3 aromatic rings. The van der Waals surface area contributed by atoms with Crippen LogP contribution in [0.4, 0.5) is 10.2 Å². The fraction of sp³-hybridized carbons (Fsp3) is 0.238. The third kappa shape index (κ3) is 5.19. The molecule has 11 heteroatoms. The van der Waals surface area contributed by atoms with Crippen molar-refractivity contribution in [3.63, 3.8) is 0 Å². The number of amides is 1. The lowest BCUT2D eigenvalue weighted by Gasteiger charge is -2.13. The Labute approximate surface area is 182 Å². The minimum absolute atomic E-state index is 0.0572. The Hall–Kier alpha value is -3.99. The highest BCUT2D eigenvalue weighted by Gasteiger charge is 2.15. The molecule has 0 spiro atoms. The highest BCUT2D eigenvalue weighted by Crippen LogP contribution is 2.29. The highest BCUT2D eigenvalue weighted by molar-refractivity contribution is 5.90. The van der Waals surface area contributed by atoms with Crippen molar-refractivity contribution in [2.24, 2.45) is 0 Å². The predicted molar refractivity (Wildman–Crippen MR) is 112 cm³/mol. The van der Waals surface area contributed by atoms with Gasteiger partial charge in [-0.25, -0.2) is 19.0 Å². The van der Waals surface area contributed by atoms with Gasteiger partial charge in [-0.2, -0.15) is 0 Å². The molecule has 10 nitrogen and oxygen atoms in total. The highest BCUT2D eigenvalue weighted by atomic mass is 19.1. The summed E-state index contributed by atoms with van der Waals surface area (Å²) in [7, 11) is 1.48. The van der Waals surface area contributed by atoms with Crippen molar-refractivity contribution in [1.29, 1.82) is 0 Å². The Morgan fingerprint density at radius 3 is 3.00 bits per heavy atom. The van der Waals surface area contributed by atoms with E-state index in [1.54, 1.807) is 0 Å². The van der Waals surface area contributed by atoms with Crippen molar-refractivity contribution < 1.29 is 18.7 Å². The maximum atomic E-state index is 13.7. The number of carbonyl (C=O) groups is 1. The van der Waals surface area contributed by atoms with E-state index >= 15 is 0 Å². The quantitative estimate of drug-likeness (QED) is 0.571. The molecule has 2 aromatic heterocycles. The standard InChI is InChI=1S/C21H20FN7O3/c1-31-18-8-7-14(22)9-16(18)17-10-19(24-13-23-17)25-21(30)11-29-20(26-27-28-29)12-32-15-5-3-2-4-6-15/h2-5,7-10,13,15H,6,11-12H2,1H3,(H,23,24,25,30). The van der Waals surface area contributed by atoms with Crippen LogP contribution in [0.25, 0.3) is 11.3 Å². The monoisotopic (exact) mass is 437 g/mol. The number of nitrogens with zero attached hydrogens (tertiary/aromatic N) is 6. The molecular formula is C21H20FN7O3. The van der Waals surface area contributed by atoms with Crippen LogP contribution < -0.4 is 10.1 Å². The SMILES string of the molecule is COc1ccc(F)cc1-c1cc(NC(=O)Cn2nnnc2COC2C=CC=CC2)ncn1. The number of hydrogen-bond donors (Lipinski definition) is 1. The molecule has 32 heavy (non-hydrogen) atoms. The molecule has 1 aliphatic carbocycles. The van der Waals surface area contributed by atoms with Crippen molar-refractivity contribution in [1.82, 2.24) is 30.2 Å². The average Bonchev–Trinajstić information content (AvgIpc) is 3.25. The van der Waals surface area contributed by atoms with Gasteiger partial charge in [0.1, 0.15) is 36.9 Å². The van der Waals surface area contributed by atoms with Gasteiger partial charge >= 0.3 is 0 Å². The number of anilines is 1. The molecule has 1 unspecified atom stereocenters. The fourth-order valence-corrected chi connectivity index (χ4v) is 3.08. The molecule has 0 radical (unpaired) electrons. The lowest BCUT2D eigenvalue weighted by Crippen LogP contribution is -2.22. The maximum Gasteiger partial charge on any atom is 0.247 e. The number of nitrogens with one attached hydrogen (secondary N) is 1. The van der Waals surface area contributed by atoms with Crippen molar-refractivity contribution in [2.45, 2.75) is 25.7 Å². The number of rotatable bonds is 8. The van der Waals surface area contributed by atoms with E-state index in [0.717, 1.165) is 6.42 Å². The molecule has 0 fully saturated rings. The third-order valence-electron chi connectivity index (χ3n) is 4.64. The zero-order chi connectivity index (χ0) is 22.3. The molecule has 0 saturated carbocycles. The predicted octanol–water partition coefficient (Wildman–Crippen LogP) is 2.32. The van der Waals surface area contributed by atoms with Crippen LogP contribution in [0.5, 0.6) is 5.75 Å². The number of benzene rings is 1. The van der Waals surface area contributed by atoms with Gasteiger partial charge in [0, 0.05) is 11.6 Å². The number of halogens is 1. The smallest absolute Gasteiger partial charge is 0.247 e. The lowest BCUT2D eigenvalue weighted by molar-refractivity contribution is -0.117. The summed E-state index contributed by atoms with van der Waals surface area (Å²) >= 11 is 0. The summed E-state index contributed by atoms with van der Waals surface area (Å²) in [6.45, 7) is 0.0366. The number of hydrogen-bond acceptors (Lipinski definition) is 8. The average molecular weight is 437 g/mol. The van der Waals surface area contributed by atoms with E-state index in [-0.39, 0.29) is 25.1 Å². The minimum Gasteiger partial charge on any atom is -0.496 e. The van der Waals surface area contributed by atoms with Gasteiger partial charge in [-0.15, -0.1) is 5.10 Å². The molecule has 2 heterocycles. The number of allylic oxidation sites excluding steroid dienone is 2. The van der Waals surface area contributed by atoms with E-state index < -0.39 is 11.7 Å². The Kier molecular flexibility index (Phi) is 6.56.